The summed E-state index contributed by atoms with van der Waals surface area (Å²) in [7, 11) is -3.07. The van der Waals surface area contributed by atoms with Gasteiger partial charge in [-0.2, -0.15) is 0 Å². The molecule has 1 aromatic rings. The maximum absolute atomic E-state index is 13.3. The van der Waals surface area contributed by atoms with Gasteiger partial charge in [-0.1, -0.05) is 0 Å². The first-order chi connectivity index (χ1) is 8.87. The Balaban J connectivity index is 2.29. The molecule has 1 heterocycles. The number of nitro benzene ring substituents is 1. The summed E-state index contributed by atoms with van der Waals surface area (Å²) >= 11 is 0. The molecular weight excluding hydrogens is 275 g/mol. The molecule has 0 radical (unpaired) electrons. The molecule has 0 spiro atoms. The van der Waals surface area contributed by atoms with E-state index in [2.05, 4.69) is 0 Å². The summed E-state index contributed by atoms with van der Waals surface area (Å²) in [6.07, 6.45) is 0.437. The highest BCUT2D eigenvalue weighted by Crippen LogP contribution is 2.24. The van der Waals surface area contributed by atoms with Crippen molar-refractivity contribution in [1.82, 2.24) is 0 Å². The second-order valence-electron chi connectivity index (χ2n) is 4.42. The van der Waals surface area contributed by atoms with Crippen molar-refractivity contribution in [3.63, 3.8) is 0 Å². The Morgan fingerprint density at radius 1 is 1.21 bits per heavy atom. The molecule has 19 heavy (non-hydrogen) atoms. The Labute approximate surface area is 109 Å². The van der Waals surface area contributed by atoms with Crippen LogP contribution in [0.5, 0.6) is 0 Å². The van der Waals surface area contributed by atoms with Gasteiger partial charge < -0.3 is 4.90 Å². The number of hydrogen-bond acceptors (Lipinski definition) is 5. The van der Waals surface area contributed by atoms with Gasteiger partial charge in [-0.15, -0.1) is 0 Å². The number of hydrogen-bond donors (Lipinski definition) is 0. The Bertz CT molecular complexity index is 603. The van der Waals surface area contributed by atoms with Crippen molar-refractivity contribution in [2.75, 3.05) is 29.5 Å². The number of sulfone groups is 1. The zero-order valence-corrected chi connectivity index (χ0v) is 10.9. The van der Waals surface area contributed by atoms with Crippen LogP contribution in [0, 0.1) is 15.9 Å². The Hall–Kier alpha value is -1.70. The van der Waals surface area contributed by atoms with Gasteiger partial charge in [0.1, 0.15) is 5.82 Å². The summed E-state index contributed by atoms with van der Waals surface area (Å²) < 4.78 is 36.3. The summed E-state index contributed by atoms with van der Waals surface area (Å²) in [5.41, 5.74) is 0.0194. The molecule has 1 fully saturated rings. The average molecular weight is 288 g/mol. The van der Waals surface area contributed by atoms with Crippen LogP contribution in [0.25, 0.3) is 0 Å². The fourth-order valence-electron chi connectivity index (χ4n) is 2.04. The Morgan fingerprint density at radius 2 is 1.95 bits per heavy atom. The molecule has 0 N–H and O–H groups in total. The molecule has 8 heteroatoms. The van der Waals surface area contributed by atoms with Gasteiger partial charge in [0.05, 0.1) is 22.5 Å². The van der Waals surface area contributed by atoms with E-state index >= 15 is 0 Å². The highest BCUT2D eigenvalue weighted by molar-refractivity contribution is 7.91. The molecule has 2 rings (SSSR count). The Kier molecular flexibility index (Phi) is 3.70. The number of benzene rings is 1. The van der Waals surface area contributed by atoms with Crippen molar-refractivity contribution < 1.29 is 17.7 Å². The van der Waals surface area contributed by atoms with Crippen LogP contribution < -0.4 is 4.90 Å². The van der Waals surface area contributed by atoms with E-state index in [0.29, 0.717) is 18.7 Å². The van der Waals surface area contributed by atoms with Crippen LogP contribution in [0.3, 0.4) is 0 Å². The third kappa shape index (κ3) is 3.40. The lowest BCUT2D eigenvalue weighted by Gasteiger charge is -2.21. The first-order valence-corrected chi connectivity index (χ1v) is 7.60. The minimum atomic E-state index is -3.07. The fraction of sp³-hybridized carbons (Fsp3) is 0.455. The number of rotatable bonds is 2. The van der Waals surface area contributed by atoms with Crippen LogP contribution in [0.4, 0.5) is 15.8 Å². The van der Waals surface area contributed by atoms with Gasteiger partial charge in [-0.05, 0) is 12.5 Å². The predicted molar refractivity (Wildman–Crippen MR) is 68.5 cm³/mol. The topological polar surface area (TPSA) is 80.5 Å². The number of halogens is 1. The Morgan fingerprint density at radius 3 is 2.63 bits per heavy atom. The predicted octanol–water partition coefficient (Wildman–Crippen LogP) is 1.36. The second kappa shape index (κ2) is 5.12. The molecule has 0 atom stereocenters. The van der Waals surface area contributed by atoms with E-state index in [0.717, 1.165) is 6.07 Å². The van der Waals surface area contributed by atoms with Gasteiger partial charge in [-0.25, -0.2) is 12.8 Å². The third-order valence-corrected chi connectivity index (χ3v) is 4.71. The standard InChI is InChI=1S/C11H13FN2O4S/c12-9-6-10(8-11(7-9)14(15)16)13-2-1-4-19(17,18)5-3-13/h6-8H,1-5H2. The molecule has 0 aromatic heterocycles. The van der Waals surface area contributed by atoms with Crippen molar-refractivity contribution in [2.24, 2.45) is 0 Å². The largest absolute Gasteiger partial charge is 0.370 e. The molecule has 1 saturated heterocycles. The molecular formula is C11H13FN2O4S. The molecule has 0 unspecified atom stereocenters. The van der Waals surface area contributed by atoms with E-state index in [4.69, 9.17) is 0 Å². The van der Waals surface area contributed by atoms with Crippen LogP contribution in [0.1, 0.15) is 6.42 Å². The fourth-order valence-corrected chi connectivity index (χ4v) is 3.32. The van der Waals surface area contributed by atoms with Gasteiger partial charge >= 0.3 is 0 Å². The summed E-state index contributed by atoms with van der Waals surface area (Å²) in [4.78, 5) is 11.7. The SMILES string of the molecule is O=[N+]([O-])c1cc(F)cc(N2CCCS(=O)(=O)CC2)c1. The summed E-state index contributed by atoms with van der Waals surface area (Å²) in [6.45, 7) is 0.669. The zero-order chi connectivity index (χ0) is 14.0. The molecule has 104 valence electrons. The van der Waals surface area contributed by atoms with Crippen molar-refractivity contribution in [2.45, 2.75) is 6.42 Å². The molecule has 0 aliphatic carbocycles. The molecule has 0 saturated carbocycles. The van der Waals surface area contributed by atoms with Crippen LogP contribution >= 0.6 is 0 Å². The monoisotopic (exact) mass is 288 g/mol. The lowest BCUT2D eigenvalue weighted by atomic mass is 10.2. The van der Waals surface area contributed by atoms with Crippen LogP contribution in [-0.2, 0) is 9.84 Å². The first-order valence-electron chi connectivity index (χ1n) is 5.78. The lowest BCUT2D eigenvalue weighted by Crippen LogP contribution is -2.26. The average Bonchev–Trinajstić information content (AvgIpc) is 2.49. The maximum atomic E-state index is 13.3. The highest BCUT2D eigenvalue weighted by atomic mass is 32.2. The number of nitro groups is 1. The van der Waals surface area contributed by atoms with Crippen molar-refractivity contribution in [3.8, 4) is 0 Å². The molecule has 6 nitrogen and oxygen atoms in total. The number of nitrogens with zero attached hydrogens (tertiary/aromatic N) is 2. The molecule has 1 aromatic carbocycles. The molecule has 1 aliphatic heterocycles. The van der Waals surface area contributed by atoms with Gasteiger partial charge in [-0.3, -0.25) is 10.1 Å². The first kappa shape index (κ1) is 13.7. The van der Waals surface area contributed by atoms with Gasteiger partial charge in [0.25, 0.3) is 5.69 Å². The summed E-state index contributed by atoms with van der Waals surface area (Å²) in [5.74, 6) is -0.616. The van der Waals surface area contributed by atoms with E-state index < -0.39 is 20.6 Å². The van der Waals surface area contributed by atoms with Gasteiger partial charge in [0.2, 0.25) is 0 Å². The van der Waals surface area contributed by atoms with E-state index in [1.165, 1.54) is 12.1 Å². The minimum absolute atomic E-state index is 0.0166. The number of anilines is 1. The third-order valence-electron chi connectivity index (χ3n) is 3.00. The maximum Gasteiger partial charge on any atom is 0.274 e. The van der Waals surface area contributed by atoms with E-state index in [1.54, 1.807) is 4.90 Å². The van der Waals surface area contributed by atoms with Crippen LogP contribution in [0.15, 0.2) is 18.2 Å². The minimum Gasteiger partial charge on any atom is -0.370 e. The smallest absolute Gasteiger partial charge is 0.274 e. The van der Waals surface area contributed by atoms with Gasteiger partial charge in [0.15, 0.2) is 9.84 Å². The lowest BCUT2D eigenvalue weighted by molar-refractivity contribution is -0.385. The van der Waals surface area contributed by atoms with E-state index in [9.17, 15) is 22.9 Å². The summed E-state index contributed by atoms with van der Waals surface area (Å²) in [5, 5.41) is 10.7. The van der Waals surface area contributed by atoms with Crippen molar-refractivity contribution in [1.29, 1.82) is 0 Å². The second-order valence-corrected chi connectivity index (χ2v) is 6.72. The number of non-ortho nitro benzene ring substituents is 1. The van der Waals surface area contributed by atoms with E-state index in [-0.39, 0.29) is 23.7 Å². The molecule has 1 aliphatic rings. The van der Waals surface area contributed by atoms with Crippen LogP contribution in [0.2, 0.25) is 0 Å². The quantitative estimate of drug-likeness (QED) is 0.606. The van der Waals surface area contributed by atoms with Crippen molar-refractivity contribution in [3.05, 3.63) is 34.1 Å². The van der Waals surface area contributed by atoms with Crippen molar-refractivity contribution >= 4 is 21.2 Å². The van der Waals surface area contributed by atoms with E-state index in [1.807, 2.05) is 0 Å². The zero-order valence-electron chi connectivity index (χ0n) is 10.1. The molecule has 0 amide bonds. The normalized spacial score (nSPS) is 18.9. The molecule has 0 bridgehead atoms. The summed E-state index contributed by atoms with van der Waals surface area (Å²) in [6, 6.07) is 3.30. The highest BCUT2D eigenvalue weighted by Gasteiger charge is 2.21. The van der Waals surface area contributed by atoms with Gasteiger partial charge in [0, 0.05) is 24.8 Å². The van der Waals surface area contributed by atoms with Crippen LogP contribution in [-0.4, -0.2) is 37.9 Å².